The number of benzene rings is 2. The van der Waals surface area contributed by atoms with Crippen LogP contribution in [-0.4, -0.2) is 54.2 Å². The Morgan fingerprint density at radius 2 is 1.86 bits per heavy atom. The number of nitrogens with one attached hydrogen (secondary N) is 1. The fourth-order valence-corrected chi connectivity index (χ4v) is 4.60. The van der Waals surface area contributed by atoms with Crippen LogP contribution in [-0.2, 0) is 14.3 Å². The summed E-state index contributed by atoms with van der Waals surface area (Å²) in [5.74, 6) is 0.634. The van der Waals surface area contributed by atoms with Crippen LogP contribution in [0.4, 0.5) is 0 Å². The van der Waals surface area contributed by atoms with Crippen LogP contribution in [0, 0.1) is 0 Å². The summed E-state index contributed by atoms with van der Waals surface area (Å²) in [5, 5.41) is 12.8. The van der Waals surface area contributed by atoms with E-state index in [9.17, 15) is 14.7 Å². The lowest BCUT2D eigenvalue weighted by molar-refractivity contribution is -0.138. The third-order valence-corrected chi connectivity index (χ3v) is 6.35. The van der Waals surface area contributed by atoms with Crippen molar-refractivity contribution in [2.75, 3.05) is 26.3 Å². The normalized spacial score (nSPS) is 17.1. The van der Waals surface area contributed by atoms with Gasteiger partial charge in [0.15, 0.2) is 6.04 Å². The average Bonchev–Trinajstić information content (AvgIpc) is 3.59. The topological polar surface area (TPSA) is 101 Å². The van der Waals surface area contributed by atoms with Gasteiger partial charge < -0.3 is 29.2 Å². The summed E-state index contributed by atoms with van der Waals surface area (Å²) in [6, 6.07) is 17.0. The summed E-state index contributed by atoms with van der Waals surface area (Å²) in [6.45, 7) is 0.613. The minimum atomic E-state index is -1.08. The standard InChI is InChI=1S/C28H28N2O6/c31-14-13-30(26(25-12-6-16-35-25)27(32)29-18-20-8-5-15-34-20)28(33)22-17-19-7-1-3-10-23(19)36-24-11-4-2-9-21(22)24/h1-4,6-7,9-12,16-17,20,26,31H,5,8,13-15,18H2,(H,29,32). The van der Waals surface area contributed by atoms with E-state index in [4.69, 9.17) is 13.9 Å². The first kappa shape index (κ1) is 23.8. The fourth-order valence-electron chi connectivity index (χ4n) is 4.60. The Morgan fingerprint density at radius 3 is 2.61 bits per heavy atom. The molecule has 2 amide bonds. The van der Waals surface area contributed by atoms with Crippen LogP contribution in [0.5, 0.6) is 11.5 Å². The highest BCUT2D eigenvalue weighted by Gasteiger charge is 2.36. The van der Waals surface area contributed by atoms with Crippen molar-refractivity contribution >= 4 is 23.5 Å². The van der Waals surface area contributed by atoms with E-state index in [-0.39, 0.29) is 19.3 Å². The largest absolute Gasteiger partial charge is 0.467 e. The molecule has 2 aromatic carbocycles. The molecule has 8 nitrogen and oxygen atoms in total. The first-order valence-electron chi connectivity index (χ1n) is 12.1. The third-order valence-electron chi connectivity index (χ3n) is 6.35. The summed E-state index contributed by atoms with van der Waals surface area (Å²) in [6.07, 6.45) is 4.99. The van der Waals surface area contributed by atoms with E-state index in [0.717, 1.165) is 18.4 Å². The number of hydrogen-bond acceptors (Lipinski definition) is 6. The summed E-state index contributed by atoms with van der Waals surface area (Å²) in [7, 11) is 0. The number of aliphatic hydroxyl groups is 1. The molecule has 3 aromatic rings. The Morgan fingerprint density at radius 1 is 1.06 bits per heavy atom. The first-order chi connectivity index (χ1) is 17.7. The molecule has 0 spiro atoms. The number of rotatable bonds is 8. The maximum absolute atomic E-state index is 14.2. The van der Waals surface area contributed by atoms with E-state index >= 15 is 0 Å². The molecule has 2 aliphatic heterocycles. The monoisotopic (exact) mass is 488 g/mol. The molecule has 0 aliphatic carbocycles. The molecule has 3 heterocycles. The van der Waals surface area contributed by atoms with E-state index in [0.29, 0.717) is 41.5 Å². The fraction of sp³-hybridized carbons (Fsp3) is 0.286. The van der Waals surface area contributed by atoms with Crippen molar-refractivity contribution in [2.24, 2.45) is 0 Å². The molecule has 2 aliphatic rings. The van der Waals surface area contributed by atoms with Gasteiger partial charge in [-0.2, -0.15) is 0 Å². The van der Waals surface area contributed by atoms with Crippen molar-refractivity contribution in [3.63, 3.8) is 0 Å². The van der Waals surface area contributed by atoms with E-state index in [1.54, 1.807) is 24.3 Å². The molecule has 186 valence electrons. The van der Waals surface area contributed by atoms with E-state index in [1.165, 1.54) is 11.2 Å². The van der Waals surface area contributed by atoms with Gasteiger partial charge >= 0.3 is 0 Å². The number of carbonyl (C=O) groups excluding carboxylic acids is 2. The maximum Gasteiger partial charge on any atom is 0.255 e. The predicted molar refractivity (Wildman–Crippen MR) is 133 cm³/mol. The lowest BCUT2D eigenvalue weighted by Crippen LogP contribution is -2.46. The number of aliphatic hydroxyl groups excluding tert-OH is 1. The smallest absolute Gasteiger partial charge is 0.255 e. The van der Waals surface area contributed by atoms with Crippen molar-refractivity contribution in [3.8, 4) is 11.5 Å². The minimum Gasteiger partial charge on any atom is -0.467 e. The molecule has 0 radical (unpaired) electrons. The number of fused-ring (bicyclic) bond motifs is 2. The van der Waals surface area contributed by atoms with Gasteiger partial charge in [0.05, 0.1) is 24.5 Å². The summed E-state index contributed by atoms with van der Waals surface area (Å²) >= 11 is 0. The van der Waals surface area contributed by atoms with Crippen LogP contribution < -0.4 is 10.1 Å². The number of para-hydroxylation sites is 2. The zero-order valence-electron chi connectivity index (χ0n) is 19.8. The van der Waals surface area contributed by atoms with Crippen LogP contribution in [0.1, 0.15) is 35.8 Å². The lowest BCUT2D eigenvalue weighted by atomic mass is 9.99. The lowest BCUT2D eigenvalue weighted by Gasteiger charge is -2.30. The molecule has 2 N–H and O–H groups in total. The van der Waals surface area contributed by atoms with Crippen LogP contribution in [0.15, 0.2) is 71.3 Å². The highest BCUT2D eigenvalue weighted by atomic mass is 16.5. The van der Waals surface area contributed by atoms with Gasteiger partial charge in [0.1, 0.15) is 17.3 Å². The van der Waals surface area contributed by atoms with Crippen LogP contribution in [0.3, 0.4) is 0 Å². The van der Waals surface area contributed by atoms with Crippen molar-refractivity contribution < 1.29 is 28.6 Å². The summed E-state index contributed by atoms with van der Waals surface area (Å²) < 4.78 is 17.3. The molecular weight excluding hydrogens is 460 g/mol. The summed E-state index contributed by atoms with van der Waals surface area (Å²) in [4.78, 5) is 29.0. The first-order valence-corrected chi connectivity index (χ1v) is 12.1. The summed E-state index contributed by atoms with van der Waals surface area (Å²) in [5.41, 5.74) is 1.69. The van der Waals surface area contributed by atoms with Gasteiger partial charge in [-0.1, -0.05) is 36.4 Å². The number of ether oxygens (including phenoxy) is 2. The molecule has 2 atom stereocenters. The van der Waals surface area contributed by atoms with Gasteiger partial charge in [0.2, 0.25) is 0 Å². The van der Waals surface area contributed by atoms with Crippen LogP contribution >= 0.6 is 0 Å². The second-order valence-electron chi connectivity index (χ2n) is 8.71. The SMILES string of the molecule is O=C(NCC1CCCO1)C(c1ccco1)N(CCO)C(=O)C1=Cc2ccccc2Oc2ccccc21. The molecule has 5 rings (SSSR count). The number of amides is 2. The quantitative estimate of drug-likeness (QED) is 0.501. The zero-order chi connectivity index (χ0) is 24.9. The third kappa shape index (κ3) is 4.91. The Hall–Kier alpha value is -3.88. The van der Waals surface area contributed by atoms with Gasteiger partial charge in [-0.15, -0.1) is 0 Å². The van der Waals surface area contributed by atoms with E-state index in [1.807, 2.05) is 42.5 Å². The predicted octanol–water partition coefficient (Wildman–Crippen LogP) is 3.78. The van der Waals surface area contributed by atoms with Crippen molar-refractivity contribution in [1.82, 2.24) is 10.2 Å². The molecule has 2 unspecified atom stereocenters. The van der Waals surface area contributed by atoms with Crippen molar-refractivity contribution in [3.05, 3.63) is 83.8 Å². The Bertz CT molecular complexity index is 1250. The highest BCUT2D eigenvalue weighted by molar-refractivity contribution is 6.25. The van der Waals surface area contributed by atoms with Gasteiger partial charge in [0, 0.05) is 30.8 Å². The van der Waals surface area contributed by atoms with Gasteiger partial charge in [0.25, 0.3) is 11.8 Å². The van der Waals surface area contributed by atoms with Crippen molar-refractivity contribution in [2.45, 2.75) is 25.0 Å². The molecular formula is C28H28N2O6. The average molecular weight is 489 g/mol. The van der Waals surface area contributed by atoms with E-state index in [2.05, 4.69) is 5.32 Å². The van der Waals surface area contributed by atoms with E-state index < -0.39 is 17.9 Å². The number of carbonyl (C=O) groups is 2. The second kappa shape index (κ2) is 10.8. The van der Waals surface area contributed by atoms with Gasteiger partial charge in [-0.3, -0.25) is 9.59 Å². The molecule has 36 heavy (non-hydrogen) atoms. The number of hydrogen-bond donors (Lipinski definition) is 2. The number of furan rings is 1. The van der Waals surface area contributed by atoms with Crippen LogP contribution in [0.2, 0.25) is 0 Å². The molecule has 8 heteroatoms. The number of nitrogens with zero attached hydrogens (tertiary/aromatic N) is 1. The Labute approximate surface area is 209 Å². The highest BCUT2D eigenvalue weighted by Crippen LogP contribution is 2.39. The molecule has 0 saturated carbocycles. The second-order valence-corrected chi connectivity index (χ2v) is 8.71. The Balaban J connectivity index is 1.52. The maximum atomic E-state index is 14.2. The van der Waals surface area contributed by atoms with Crippen molar-refractivity contribution in [1.29, 1.82) is 0 Å². The minimum absolute atomic E-state index is 0.0571. The van der Waals surface area contributed by atoms with Crippen LogP contribution in [0.25, 0.3) is 11.6 Å². The van der Waals surface area contributed by atoms with Gasteiger partial charge in [-0.25, -0.2) is 0 Å². The zero-order valence-corrected chi connectivity index (χ0v) is 19.8. The molecule has 1 aromatic heterocycles. The van der Waals surface area contributed by atoms with Gasteiger partial charge in [-0.05, 0) is 43.2 Å². The molecule has 1 saturated heterocycles. The Kier molecular flexibility index (Phi) is 7.16. The molecule has 1 fully saturated rings. The molecule has 0 bridgehead atoms.